The summed E-state index contributed by atoms with van der Waals surface area (Å²) >= 11 is 1.63. The van der Waals surface area contributed by atoms with Gasteiger partial charge in [0.2, 0.25) is 0 Å². The fourth-order valence-corrected chi connectivity index (χ4v) is 3.59. The van der Waals surface area contributed by atoms with Crippen LogP contribution in [0.1, 0.15) is 19.6 Å². The number of benzene rings is 1. The Morgan fingerprint density at radius 3 is 2.78 bits per heavy atom. The Bertz CT molecular complexity index is 946. The molecule has 0 unspecified atom stereocenters. The number of nitrogens with zero attached hydrogens (tertiary/aromatic N) is 5. The molecule has 0 radical (unpaired) electrons. The molecule has 27 heavy (non-hydrogen) atoms. The normalized spacial score (nSPS) is 11.8. The van der Waals surface area contributed by atoms with E-state index in [9.17, 15) is 10.1 Å². The van der Waals surface area contributed by atoms with Crippen LogP contribution in [0, 0.1) is 10.1 Å². The number of furan rings is 1. The molecule has 0 saturated carbocycles. The summed E-state index contributed by atoms with van der Waals surface area (Å²) in [5, 5.41) is 16.0. The predicted molar refractivity (Wildman–Crippen MR) is 107 cm³/mol. The lowest BCUT2D eigenvalue weighted by molar-refractivity contribution is -0.402. The van der Waals surface area contributed by atoms with Crippen molar-refractivity contribution in [3.63, 3.8) is 0 Å². The van der Waals surface area contributed by atoms with Crippen LogP contribution >= 0.6 is 11.8 Å². The monoisotopic (exact) mass is 387 g/mol. The molecule has 0 atom stereocenters. The molecule has 142 valence electrons. The second-order valence-corrected chi connectivity index (χ2v) is 6.81. The number of hydrogen-bond acceptors (Lipinski definition) is 7. The van der Waals surface area contributed by atoms with Gasteiger partial charge < -0.3 is 9.32 Å². The third-order valence-electron chi connectivity index (χ3n) is 4.13. The van der Waals surface area contributed by atoms with E-state index >= 15 is 0 Å². The molecule has 0 saturated heterocycles. The number of hydrogen-bond donors (Lipinski definition) is 0. The summed E-state index contributed by atoms with van der Waals surface area (Å²) in [6.07, 6.45) is 1.47. The maximum Gasteiger partial charge on any atom is 0.433 e. The molecule has 0 aliphatic carbocycles. The van der Waals surface area contributed by atoms with Crippen molar-refractivity contribution in [3.8, 4) is 0 Å². The molecule has 0 fully saturated rings. The van der Waals surface area contributed by atoms with E-state index in [0.717, 1.165) is 41.6 Å². The van der Waals surface area contributed by atoms with Crippen LogP contribution in [-0.4, -0.2) is 51.1 Å². The summed E-state index contributed by atoms with van der Waals surface area (Å²) in [6.45, 7) is 7.30. The number of thioether (sulfide) groups is 1. The number of para-hydroxylation sites is 2. The average Bonchev–Trinajstić information content (AvgIpc) is 3.28. The molecule has 8 nitrogen and oxygen atoms in total. The van der Waals surface area contributed by atoms with Crippen LogP contribution in [0.3, 0.4) is 0 Å². The van der Waals surface area contributed by atoms with Crippen LogP contribution in [0.25, 0.3) is 11.0 Å². The van der Waals surface area contributed by atoms with Crippen LogP contribution < -0.4 is 0 Å². The lowest BCUT2D eigenvalue weighted by atomic mass is 10.3. The zero-order valence-electron chi connectivity index (χ0n) is 15.2. The van der Waals surface area contributed by atoms with Crippen LogP contribution in [0.2, 0.25) is 0 Å². The van der Waals surface area contributed by atoms with E-state index in [2.05, 4.69) is 28.8 Å². The Kier molecular flexibility index (Phi) is 6.25. The molecule has 2 aromatic heterocycles. The smallest absolute Gasteiger partial charge is 0.400 e. The second-order valence-electron chi connectivity index (χ2n) is 5.75. The summed E-state index contributed by atoms with van der Waals surface area (Å²) in [5.74, 6) is 0.909. The molecule has 3 aromatic rings. The van der Waals surface area contributed by atoms with Gasteiger partial charge in [0.15, 0.2) is 10.9 Å². The summed E-state index contributed by atoms with van der Waals surface area (Å²) in [5.41, 5.74) is 1.73. The Balaban J connectivity index is 1.83. The van der Waals surface area contributed by atoms with Gasteiger partial charge in [-0.25, -0.2) is 9.66 Å². The molecule has 0 bridgehead atoms. The van der Waals surface area contributed by atoms with E-state index in [-0.39, 0.29) is 5.88 Å². The molecule has 0 N–H and O–H groups in total. The van der Waals surface area contributed by atoms with Gasteiger partial charge in [-0.3, -0.25) is 10.1 Å². The van der Waals surface area contributed by atoms with E-state index in [1.165, 1.54) is 18.3 Å². The van der Waals surface area contributed by atoms with Crippen molar-refractivity contribution in [2.75, 3.05) is 25.4 Å². The Labute approximate surface area is 161 Å². The molecule has 0 spiro atoms. The number of nitro groups is 1. The maximum absolute atomic E-state index is 10.7. The minimum Gasteiger partial charge on any atom is -0.400 e. The van der Waals surface area contributed by atoms with Gasteiger partial charge >= 0.3 is 5.88 Å². The first-order valence-electron chi connectivity index (χ1n) is 8.73. The molecule has 1 aromatic carbocycles. The number of imidazole rings is 1. The predicted octanol–water partition coefficient (Wildman–Crippen LogP) is 3.85. The van der Waals surface area contributed by atoms with E-state index in [4.69, 9.17) is 4.42 Å². The molecule has 9 heteroatoms. The SMILES string of the molecule is CCN(CC)CCSc1nc2ccccc2n1/N=C\c1ccc([N+](=O)[O-])o1. The highest BCUT2D eigenvalue weighted by atomic mass is 32.2. The van der Waals surface area contributed by atoms with E-state index in [0.29, 0.717) is 5.76 Å². The van der Waals surface area contributed by atoms with Crippen molar-refractivity contribution < 1.29 is 9.34 Å². The van der Waals surface area contributed by atoms with Crippen LogP contribution in [0.4, 0.5) is 5.88 Å². The van der Waals surface area contributed by atoms with Crippen molar-refractivity contribution >= 4 is 34.9 Å². The van der Waals surface area contributed by atoms with Crippen LogP contribution in [0.15, 0.2) is 51.1 Å². The van der Waals surface area contributed by atoms with Crippen molar-refractivity contribution in [2.45, 2.75) is 19.0 Å². The van der Waals surface area contributed by atoms with Crippen molar-refractivity contribution in [1.82, 2.24) is 14.6 Å². The molecule has 2 heterocycles. The summed E-state index contributed by atoms with van der Waals surface area (Å²) in [4.78, 5) is 17.2. The minimum atomic E-state index is -0.571. The van der Waals surface area contributed by atoms with E-state index < -0.39 is 4.92 Å². The van der Waals surface area contributed by atoms with Gasteiger partial charge in [0, 0.05) is 12.3 Å². The summed E-state index contributed by atoms with van der Waals surface area (Å²) in [7, 11) is 0. The highest BCUT2D eigenvalue weighted by Gasteiger charge is 2.13. The van der Waals surface area contributed by atoms with E-state index in [1.807, 2.05) is 24.3 Å². The Hall–Kier alpha value is -2.65. The highest BCUT2D eigenvalue weighted by molar-refractivity contribution is 7.99. The third-order valence-corrected chi connectivity index (χ3v) is 5.04. The zero-order valence-corrected chi connectivity index (χ0v) is 16.1. The van der Waals surface area contributed by atoms with E-state index in [1.54, 1.807) is 16.4 Å². The van der Waals surface area contributed by atoms with Crippen molar-refractivity contribution in [1.29, 1.82) is 0 Å². The minimum absolute atomic E-state index is 0.305. The second kappa shape index (κ2) is 8.83. The number of aromatic nitrogens is 2. The molecular formula is C18H21N5O3S. The first-order chi connectivity index (χ1) is 13.1. The maximum atomic E-state index is 10.7. The van der Waals surface area contributed by atoms with Gasteiger partial charge in [0.05, 0.1) is 23.3 Å². The Morgan fingerprint density at radius 1 is 1.30 bits per heavy atom. The Morgan fingerprint density at radius 2 is 2.07 bits per heavy atom. The van der Waals surface area contributed by atoms with Gasteiger partial charge in [-0.2, -0.15) is 5.10 Å². The van der Waals surface area contributed by atoms with Gasteiger partial charge in [0.25, 0.3) is 0 Å². The fraction of sp³-hybridized carbons (Fsp3) is 0.333. The zero-order chi connectivity index (χ0) is 19.2. The van der Waals surface area contributed by atoms with Gasteiger partial charge in [-0.15, -0.1) is 0 Å². The van der Waals surface area contributed by atoms with Gasteiger partial charge in [-0.1, -0.05) is 37.7 Å². The topological polar surface area (TPSA) is 89.7 Å². The number of fused-ring (bicyclic) bond motifs is 1. The number of rotatable bonds is 9. The molecule has 0 aliphatic rings. The quantitative estimate of drug-likeness (QED) is 0.240. The van der Waals surface area contributed by atoms with Crippen LogP contribution in [0.5, 0.6) is 0 Å². The third kappa shape index (κ3) is 4.55. The van der Waals surface area contributed by atoms with Gasteiger partial charge in [-0.05, 0) is 31.3 Å². The fourth-order valence-electron chi connectivity index (χ4n) is 2.63. The molecular weight excluding hydrogens is 366 g/mol. The molecule has 0 aliphatic heterocycles. The highest BCUT2D eigenvalue weighted by Crippen LogP contribution is 2.24. The first-order valence-corrected chi connectivity index (χ1v) is 9.72. The average molecular weight is 387 g/mol. The largest absolute Gasteiger partial charge is 0.433 e. The lowest BCUT2D eigenvalue weighted by Crippen LogP contribution is -2.25. The summed E-state index contributed by atoms with van der Waals surface area (Å²) in [6, 6.07) is 10.6. The van der Waals surface area contributed by atoms with Crippen LogP contribution in [-0.2, 0) is 0 Å². The summed E-state index contributed by atoms with van der Waals surface area (Å²) < 4.78 is 6.89. The molecule has 0 amide bonds. The lowest BCUT2D eigenvalue weighted by Gasteiger charge is -2.16. The molecule has 3 rings (SSSR count). The standard InChI is InChI=1S/C18H21N5O3S/c1-3-21(4-2)11-12-27-18-20-15-7-5-6-8-16(15)22(18)19-13-14-9-10-17(26-14)23(24)25/h5-10,13H,3-4,11-12H2,1-2H3/b19-13-. The first kappa shape index (κ1) is 19.1. The van der Waals surface area contributed by atoms with Gasteiger partial charge in [0.1, 0.15) is 4.92 Å². The van der Waals surface area contributed by atoms with Crippen molar-refractivity contribution in [2.24, 2.45) is 5.10 Å². The van der Waals surface area contributed by atoms with Crippen molar-refractivity contribution in [3.05, 3.63) is 52.3 Å².